The van der Waals surface area contributed by atoms with E-state index in [0.717, 1.165) is 18.4 Å². The van der Waals surface area contributed by atoms with Crippen molar-refractivity contribution >= 4 is 0 Å². The van der Waals surface area contributed by atoms with Gasteiger partial charge in [-0.2, -0.15) is 0 Å². The van der Waals surface area contributed by atoms with Gasteiger partial charge in [0.1, 0.15) is 5.82 Å². The molecule has 0 radical (unpaired) electrons. The Labute approximate surface area is 127 Å². The van der Waals surface area contributed by atoms with Crippen molar-refractivity contribution in [2.75, 3.05) is 0 Å². The van der Waals surface area contributed by atoms with Crippen molar-refractivity contribution in [2.24, 2.45) is 0 Å². The van der Waals surface area contributed by atoms with Gasteiger partial charge in [0.15, 0.2) is 0 Å². The van der Waals surface area contributed by atoms with Gasteiger partial charge in [-0.3, -0.25) is 0 Å². The molecule has 2 unspecified atom stereocenters. The van der Waals surface area contributed by atoms with Crippen LogP contribution in [0.5, 0.6) is 0 Å². The Bertz CT molecular complexity index is 562. The van der Waals surface area contributed by atoms with Crippen molar-refractivity contribution in [3.63, 3.8) is 0 Å². The van der Waals surface area contributed by atoms with Gasteiger partial charge in [-0.25, -0.2) is 4.39 Å². The highest BCUT2D eigenvalue weighted by Crippen LogP contribution is 2.23. The quantitative estimate of drug-likeness (QED) is 0.770. The van der Waals surface area contributed by atoms with E-state index in [-0.39, 0.29) is 17.9 Å². The minimum absolute atomic E-state index is 0.168. The zero-order valence-corrected chi connectivity index (χ0v) is 13.1. The number of nitrogens with one attached hydrogen (secondary N) is 1. The summed E-state index contributed by atoms with van der Waals surface area (Å²) in [5.41, 5.74) is 3.62. The second-order valence-electron chi connectivity index (χ2n) is 5.50. The smallest absolute Gasteiger partial charge is 0.123 e. The highest BCUT2D eigenvalue weighted by atomic mass is 19.1. The van der Waals surface area contributed by atoms with Crippen LogP contribution in [0.1, 0.15) is 56.0 Å². The first kappa shape index (κ1) is 15.7. The van der Waals surface area contributed by atoms with Crippen molar-refractivity contribution < 1.29 is 4.39 Å². The predicted octanol–water partition coefficient (Wildman–Crippen LogP) is 5.19. The molecule has 0 aliphatic carbocycles. The van der Waals surface area contributed by atoms with E-state index >= 15 is 0 Å². The molecule has 1 nitrogen and oxygen atoms in total. The summed E-state index contributed by atoms with van der Waals surface area (Å²) in [5, 5.41) is 3.60. The third-order valence-electron chi connectivity index (χ3n) is 4.00. The Morgan fingerprint density at radius 1 is 1.00 bits per heavy atom. The largest absolute Gasteiger partial charge is 0.303 e. The predicted molar refractivity (Wildman–Crippen MR) is 86.8 cm³/mol. The number of hydrogen-bond acceptors (Lipinski definition) is 1. The summed E-state index contributed by atoms with van der Waals surface area (Å²) in [4.78, 5) is 0. The molecule has 2 aromatic carbocycles. The normalized spacial score (nSPS) is 13.9. The first-order chi connectivity index (χ1) is 10.1. The van der Waals surface area contributed by atoms with Crippen LogP contribution in [0.15, 0.2) is 48.5 Å². The standard InChI is InChI=1S/C19H24FN/c1-4-15-9-11-16(12-10-15)14(3)21-19(5-2)17-7-6-8-18(20)13-17/h6-14,19,21H,4-5H2,1-3H3. The molecule has 2 atom stereocenters. The lowest BCUT2D eigenvalue weighted by Gasteiger charge is -2.23. The molecule has 21 heavy (non-hydrogen) atoms. The zero-order chi connectivity index (χ0) is 15.2. The van der Waals surface area contributed by atoms with Gasteiger partial charge in [0, 0.05) is 12.1 Å². The summed E-state index contributed by atoms with van der Waals surface area (Å²) in [6.45, 7) is 6.44. The highest BCUT2D eigenvalue weighted by molar-refractivity contribution is 5.26. The molecule has 0 fully saturated rings. The van der Waals surface area contributed by atoms with E-state index in [1.165, 1.54) is 17.2 Å². The minimum Gasteiger partial charge on any atom is -0.303 e. The van der Waals surface area contributed by atoms with Gasteiger partial charge in [-0.15, -0.1) is 0 Å². The number of benzene rings is 2. The van der Waals surface area contributed by atoms with Crippen molar-refractivity contribution in [3.05, 3.63) is 71.0 Å². The Morgan fingerprint density at radius 2 is 1.71 bits per heavy atom. The van der Waals surface area contributed by atoms with E-state index in [1.807, 2.05) is 6.07 Å². The lowest BCUT2D eigenvalue weighted by atomic mass is 10.0. The van der Waals surface area contributed by atoms with Crippen LogP contribution in [0.4, 0.5) is 4.39 Å². The van der Waals surface area contributed by atoms with E-state index in [2.05, 4.69) is 50.4 Å². The van der Waals surface area contributed by atoms with Crippen molar-refractivity contribution in [2.45, 2.75) is 45.7 Å². The van der Waals surface area contributed by atoms with Gasteiger partial charge in [-0.1, -0.05) is 50.2 Å². The maximum atomic E-state index is 13.4. The first-order valence-corrected chi connectivity index (χ1v) is 7.74. The fraction of sp³-hybridized carbons (Fsp3) is 0.368. The SMILES string of the molecule is CCc1ccc(C(C)NC(CC)c2cccc(F)c2)cc1. The van der Waals surface area contributed by atoms with E-state index in [4.69, 9.17) is 0 Å². The lowest BCUT2D eigenvalue weighted by Crippen LogP contribution is -2.24. The molecule has 0 heterocycles. The van der Waals surface area contributed by atoms with Crippen LogP contribution in [-0.4, -0.2) is 0 Å². The molecule has 0 bridgehead atoms. The molecule has 2 rings (SSSR count). The Kier molecular flexibility index (Phi) is 5.51. The Hall–Kier alpha value is -1.67. The van der Waals surface area contributed by atoms with Crippen LogP contribution >= 0.6 is 0 Å². The van der Waals surface area contributed by atoms with Gasteiger partial charge in [0.25, 0.3) is 0 Å². The molecular formula is C19H24FN. The summed E-state index contributed by atoms with van der Waals surface area (Å²) in [6, 6.07) is 16.0. The molecule has 112 valence electrons. The van der Waals surface area contributed by atoms with E-state index < -0.39 is 0 Å². The lowest BCUT2D eigenvalue weighted by molar-refractivity contribution is 0.454. The second kappa shape index (κ2) is 7.37. The maximum Gasteiger partial charge on any atom is 0.123 e. The number of aryl methyl sites for hydroxylation is 1. The third-order valence-corrected chi connectivity index (χ3v) is 4.00. The number of halogens is 1. The molecule has 0 amide bonds. The van der Waals surface area contributed by atoms with Crippen LogP contribution < -0.4 is 5.32 Å². The highest BCUT2D eigenvalue weighted by Gasteiger charge is 2.14. The topological polar surface area (TPSA) is 12.0 Å². The van der Waals surface area contributed by atoms with E-state index in [0.29, 0.717) is 0 Å². The summed E-state index contributed by atoms with van der Waals surface area (Å²) < 4.78 is 13.4. The van der Waals surface area contributed by atoms with Crippen molar-refractivity contribution in [3.8, 4) is 0 Å². The second-order valence-corrected chi connectivity index (χ2v) is 5.50. The summed E-state index contributed by atoms with van der Waals surface area (Å²) in [5.74, 6) is -0.173. The maximum absolute atomic E-state index is 13.4. The molecule has 1 N–H and O–H groups in total. The summed E-state index contributed by atoms with van der Waals surface area (Å²) in [7, 11) is 0. The molecule has 0 aliphatic rings. The molecule has 2 heteroatoms. The molecule has 0 saturated heterocycles. The van der Waals surface area contributed by atoms with E-state index in [1.54, 1.807) is 12.1 Å². The monoisotopic (exact) mass is 285 g/mol. The summed E-state index contributed by atoms with van der Waals surface area (Å²) >= 11 is 0. The van der Waals surface area contributed by atoms with Crippen LogP contribution in [0.2, 0.25) is 0 Å². The fourth-order valence-electron chi connectivity index (χ4n) is 2.61. The summed E-state index contributed by atoms with van der Waals surface area (Å²) in [6.07, 6.45) is 1.99. The van der Waals surface area contributed by atoms with Gasteiger partial charge in [-0.05, 0) is 48.6 Å². The molecule has 0 aliphatic heterocycles. The van der Waals surface area contributed by atoms with Crippen molar-refractivity contribution in [1.82, 2.24) is 5.32 Å². The molecular weight excluding hydrogens is 261 g/mol. The van der Waals surface area contributed by atoms with Crippen LogP contribution in [-0.2, 0) is 6.42 Å². The molecule has 0 saturated carbocycles. The van der Waals surface area contributed by atoms with E-state index in [9.17, 15) is 4.39 Å². The average Bonchev–Trinajstić information content (AvgIpc) is 2.52. The van der Waals surface area contributed by atoms with Gasteiger partial charge in [0.2, 0.25) is 0 Å². The van der Waals surface area contributed by atoms with Crippen molar-refractivity contribution in [1.29, 1.82) is 0 Å². The van der Waals surface area contributed by atoms with Gasteiger partial charge in [0.05, 0.1) is 0 Å². The Balaban J connectivity index is 2.10. The Morgan fingerprint density at radius 3 is 2.29 bits per heavy atom. The molecule has 0 spiro atoms. The number of rotatable bonds is 6. The molecule has 0 aromatic heterocycles. The van der Waals surface area contributed by atoms with Crippen LogP contribution in [0.25, 0.3) is 0 Å². The van der Waals surface area contributed by atoms with Crippen LogP contribution in [0, 0.1) is 5.82 Å². The first-order valence-electron chi connectivity index (χ1n) is 7.74. The van der Waals surface area contributed by atoms with Gasteiger partial charge >= 0.3 is 0 Å². The minimum atomic E-state index is -0.173. The number of hydrogen-bond donors (Lipinski definition) is 1. The fourth-order valence-corrected chi connectivity index (χ4v) is 2.61. The molecule has 2 aromatic rings. The average molecular weight is 285 g/mol. The van der Waals surface area contributed by atoms with Gasteiger partial charge < -0.3 is 5.32 Å². The zero-order valence-electron chi connectivity index (χ0n) is 13.1. The third kappa shape index (κ3) is 4.15. The van der Waals surface area contributed by atoms with Crippen LogP contribution in [0.3, 0.4) is 0 Å².